The largest absolute Gasteiger partial charge is 0.323 e. The highest BCUT2D eigenvalue weighted by atomic mass is 32.1. The van der Waals surface area contributed by atoms with Crippen molar-refractivity contribution in [2.24, 2.45) is 5.73 Å². The second kappa shape index (κ2) is 5.02. The Morgan fingerprint density at radius 1 is 1.37 bits per heavy atom. The van der Waals surface area contributed by atoms with E-state index < -0.39 is 0 Å². The van der Waals surface area contributed by atoms with Gasteiger partial charge in [-0.05, 0) is 47.3 Å². The maximum atomic E-state index is 6.38. The van der Waals surface area contributed by atoms with E-state index in [0.29, 0.717) is 11.8 Å². The maximum absolute atomic E-state index is 6.38. The fraction of sp³-hybridized carbons (Fsp3) is 0.467. The molecule has 0 amide bonds. The molecule has 2 unspecified atom stereocenters. The Morgan fingerprint density at radius 3 is 2.89 bits per heavy atom. The Morgan fingerprint density at radius 2 is 2.16 bits per heavy atom. The lowest BCUT2D eigenvalue weighted by Gasteiger charge is -2.31. The lowest BCUT2D eigenvalue weighted by atomic mass is 9.74. The molecule has 0 fully saturated rings. The summed E-state index contributed by atoms with van der Waals surface area (Å²) >= 11 is 1.46. The summed E-state index contributed by atoms with van der Waals surface area (Å²) < 4.78 is 4.07. The third-order valence-electron chi connectivity index (χ3n) is 3.92. The van der Waals surface area contributed by atoms with Gasteiger partial charge in [0.1, 0.15) is 0 Å². The Balaban J connectivity index is 1.73. The monoisotopic (exact) mass is 273 g/mol. The van der Waals surface area contributed by atoms with Crippen LogP contribution in [-0.2, 0) is 6.42 Å². The van der Waals surface area contributed by atoms with Gasteiger partial charge >= 0.3 is 0 Å². The number of hydrogen-bond donors (Lipinski definition) is 1. The predicted molar refractivity (Wildman–Crippen MR) is 78.4 cm³/mol. The minimum Gasteiger partial charge on any atom is -0.323 e. The van der Waals surface area contributed by atoms with Crippen molar-refractivity contribution in [2.75, 3.05) is 0 Å². The lowest BCUT2D eigenvalue weighted by molar-refractivity contribution is 0.499. The average Bonchev–Trinajstić information content (AvgIpc) is 2.85. The van der Waals surface area contributed by atoms with Crippen molar-refractivity contribution in [2.45, 2.75) is 44.6 Å². The highest BCUT2D eigenvalue weighted by molar-refractivity contribution is 7.05. The van der Waals surface area contributed by atoms with E-state index in [9.17, 15) is 0 Å². The summed E-state index contributed by atoms with van der Waals surface area (Å²) in [4.78, 5) is 1.17. The number of hydrogen-bond acceptors (Lipinski definition) is 4. The Bertz CT molecular complexity index is 576. The van der Waals surface area contributed by atoms with Crippen LogP contribution in [0, 0.1) is 0 Å². The zero-order chi connectivity index (χ0) is 13.4. The highest BCUT2D eigenvalue weighted by Gasteiger charge is 2.29. The van der Waals surface area contributed by atoms with Gasteiger partial charge in [-0.2, -0.15) is 0 Å². The first-order valence-electron chi connectivity index (χ1n) is 6.82. The molecule has 1 aliphatic carbocycles. The number of fused-ring (bicyclic) bond motifs is 1. The molecule has 0 aliphatic heterocycles. The van der Waals surface area contributed by atoms with Crippen molar-refractivity contribution in [3.8, 4) is 0 Å². The van der Waals surface area contributed by atoms with Gasteiger partial charge in [0.2, 0.25) is 0 Å². The van der Waals surface area contributed by atoms with Crippen LogP contribution in [0.1, 0.15) is 59.8 Å². The van der Waals surface area contributed by atoms with Crippen molar-refractivity contribution in [3.63, 3.8) is 0 Å². The lowest BCUT2D eigenvalue weighted by Crippen LogP contribution is -2.23. The highest BCUT2D eigenvalue weighted by Crippen LogP contribution is 2.41. The zero-order valence-electron chi connectivity index (χ0n) is 11.3. The minimum atomic E-state index is 0.0655. The first kappa shape index (κ1) is 12.8. The fourth-order valence-electron chi connectivity index (χ4n) is 2.85. The number of benzene rings is 1. The normalized spacial score (nSPS) is 19.1. The number of nitrogens with zero attached hydrogens (tertiary/aromatic N) is 2. The Hall–Kier alpha value is -1.26. The van der Waals surface area contributed by atoms with Crippen molar-refractivity contribution < 1.29 is 0 Å². The van der Waals surface area contributed by atoms with Gasteiger partial charge in [-0.1, -0.05) is 42.6 Å². The van der Waals surface area contributed by atoms with Gasteiger partial charge in [0.15, 0.2) is 0 Å². The average molecular weight is 273 g/mol. The standard InChI is InChI=1S/C15H19N3S/c1-9(2)14-15(19-18-17-14)13(16)8-11-7-10-5-3-4-6-12(10)11/h3-6,9,11,13H,7-8,16H2,1-2H3. The molecule has 2 aromatic rings. The van der Waals surface area contributed by atoms with Crippen molar-refractivity contribution >= 4 is 11.5 Å². The first-order valence-corrected chi connectivity index (χ1v) is 7.59. The molecule has 1 aliphatic rings. The molecule has 2 atom stereocenters. The van der Waals surface area contributed by atoms with Crippen molar-refractivity contribution in [1.82, 2.24) is 9.59 Å². The van der Waals surface area contributed by atoms with E-state index >= 15 is 0 Å². The molecule has 1 aromatic heterocycles. The van der Waals surface area contributed by atoms with Crippen LogP contribution in [-0.4, -0.2) is 9.59 Å². The van der Waals surface area contributed by atoms with Crippen LogP contribution in [0.2, 0.25) is 0 Å². The second-order valence-electron chi connectivity index (χ2n) is 5.62. The molecule has 19 heavy (non-hydrogen) atoms. The number of aromatic nitrogens is 2. The van der Waals surface area contributed by atoms with Gasteiger partial charge < -0.3 is 5.73 Å². The Labute approximate surface area is 118 Å². The van der Waals surface area contributed by atoms with Crippen molar-refractivity contribution in [3.05, 3.63) is 46.0 Å². The molecule has 0 radical (unpaired) electrons. The molecule has 1 aromatic carbocycles. The van der Waals surface area contributed by atoms with Crippen LogP contribution in [0.4, 0.5) is 0 Å². The van der Waals surface area contributed by atoms with Crippen LogP contribution in [0.25, 0.3) is 0 Å². The molecular weight excluding hydrogens is 254 g/mol. The molecule has 1 heterocycles. The fourth-order valence-corrected chi connectivity index (χ4v) is 3.67. The molecule has 0 saturated heterocycles. The molecule has 2 N–H and O–H groups in total. The van der Waals surface area contributed by atoms with E-state index in [1.165, 1.54) is 27.5 Å². The van der Waals surface area contributed by atoms with Crippen LogP contribution in [0.3, 0.4) is 0 Å². The topological polar surface area (TPSA) is 51.8 Å². The van der Waals surface area contributed by atoms with E-state index in [4.69, 9.17) is 5.73 Å². The van der Waals surface area contributed by atoms with Gasteiger partial charge in [0.25, 0.3) is 0 Å². The minimum absolute atomic E-state index is 0.0655. The van der Waals surface area contributed by atoms with Crippen LogP contribution >= 0.6 is 11.5 Å². The number of nitrogens with two attached hydrogens (primary N) is 1. The van der Waals surface area contributed by atoms with Crippen molar-refractivity contribution in [1.29, 1.82) is 0 Å². The van der Waals surface area contributed by atoms with Crippen LogP contribution in [0.5, 0.6) is 0 Å². The summed E-state index contributed by atoms with van der Waals surface area (Å²) in [6, 6.07) is 8.73. The summed E-state index contributed by atoms with van der Waals surface area (Å²) in [5.74, 6) is 1.00. The van der Waals surface area contributed by atoms with Gasteiger partial charge in [0, 0.05) is 6.04 Å². The Kier molecular flexibility index (Phi) is 3.37. The smallest absolute Gasteiger partial charge is 0.0828 e. The van der Waals surface area contributed by atoms with E-state index in [2.05, 4.69) is 47.7 Å². The first-order chi connectivity index (χ1) is 9.16. The molecule has 3 nitrogen and oxygen atoms in total. The maximum Gasteiger partial charge on any atom is 0.0828 e. The zero-order valence-corrected chi connectivity index (χ0v) is 12.2. The summed E-state index contributed by atoms with van der Waals surface area (Å²) in [5, 5.41) is 4.22. The number of rotatable bonds is 4. The van der Waals surface area contributed by atoms with Gasteiger partial charge in [0.05, 0.1) is 10.6 Å². The van der Waals surface area contributed by atoms with Crippen LogP contribution < -0.4 is 5.73 Å². The predicted octanol–water partition coefficient (Wildman–Crippen LogP) is 3.39. The summed E-state index contributed by atoms with van der Waals surface area (Å²) in [6.45, 7) is 4.29. The van der Waals surface area contributed by atoms with Crippen LogP contribution in [0.15, 0.2) is 24.3 Å². The molecule has 3 rings (SSSR count). The molecular formula is C15H19N3S. The molecule has 0 bridgehead atoms. The molecule has 4 heteroatoms. The molecule has 0 spiro atoms. The van der Waals surface area contributed by atoms with Gasteiger partial charge in [-0.25, -0.2) is 0 Å². The summed E-state index contributed by atoms with van der Waals surface area (Å²) in [6.07, 6.45) is 2.16. The second-order valence-corrected chi connectivity index (χ2v) is 6.40. The third kappa shape index (κ3) is 2.30. The molecule has 0 saturated carbocycles. The van der Waals surface area contributed by atoms with E-state index in [1.807, 2.05) is 0 Å². The van der Waals surface area contributed by atoms with Gasteiger partial charge in [-0.3, -0.25) is 0 Å². The summed E-state index contributed by atoms with van der Waals surface area (Å²) in [7, 11) is 0. The summed E-state index contributed by atoms with van der Waals surface area (Å²) in [5.41, 5.74) is 10.4. The quantitative estimate of drug-likeness (QED) is 0.929. The van der Waals surface area contributed by atoms with E-state index in [-0.39, 0.29) is 6.04 Å². The SMILES string of the molecule is CC(C)c1nnsc1C(N)CC1Cc2ccccc21. The van der Waals surface area contributed by atoms with E-state index in [0.717, 1.165) is 18.5 Å². The van der Waals surface area contributed by atoms with Gasteiger partial charge in [-0.15, -0.1) is 5.10 Å². The third-order valence-corrected chi connectivity index (χ3v) is 4.80. The van der Waals surface area contributed by atoms with E-state index in [1.54, 1.807) is 0 Å². The molecule has 100 valence electrons.